The largest absolute Gasteiger partial charge is 0.356 e. The summed E-state index contributed by atoms with van der Waals surface area (Å²) in [6.45, 7) is 5.95. The van der Waals surface area contributed by atoms with Crippen LogP contribution in [0.3, 0.4) is 0 Å². The van der Waals surface area contributed by atoms with Crippen molar-refractivity contribution in [1.82, 2.24) is 14.8 Å². The number of benzene rings is 2. The number of rotatable bonds is 1. The number of hydrogen-bond donors (Lipinski definition) is 1. The normalized spacial score (nSPS) is 21.5. The van der Waals surface area contributed by atoms with Crippen LogP contribution in [0.4, 0.5) is 0 Å². The van der Waals surface area contributed by atoms with Gasteiger partial charge in [0.2, 0.25) is 11.8 Å². The number of aromatic amines is 1. The average molecular weight is 456 g/mol. The fraction of sp³-hybridized carbons (Fsp3) is 0.333. The molecule has 0 radical (unpaired) electrons. The van der Waals surface area contributed by atoms with E-state index in [1.54, 1.807) is 21.9 Å². The van der Waals surface area contributed by atoms with Crippen molar-refractivity contribution in [2.75, 3.05) is 6.54 Å². The van der Waals surface area contributed by atoms with E-state index in [-0.39, 0.29) is 18.4 Å². The number of fused-ring (bicyclic) bond motifs is 4. The number of carbonyl (C=O) groups excluding carboxylic acids is 2. The van der Waals surface area contributed by atoms with E-state index in [1.165, 1.54) is 0 Å². The van der Waals surface area contributed by atoms with Gasteiger partial charge in [-0.3, -0.25) is 9.59 Å². The lowest BCUT2D eigenvalue weighted by Crippen LogP contribution is -2.66. The van der Waals surface area contributed by atoms with E-state index in [0.29, 0.717) is 16.5 Å². The van der Waals surface area contributed by atoms with Crippen molar-refractivity contribution in [2.45, 2.75) is 44.8 Å². The van der Waals surface area contributed by atoms with Crippen molar-refractivity contribution in [3.8, 4) is 0 Å². The number of nitrogens with zero attached hydrogens (tertiary/aromatic N) is 2. The van der Waals surface area contributed by atoms with Gasteiger partial charge in [0.1, 0.15) is 12.6 Å². The molecule has 0 saturated carbocycles. The van der Waals surface area contributed by atoms with Crippen LogP contribution >= 0.6 is 23.2 Å². The summed E-state index contributed by atoms with van der Waals surface area (Å²) in [5, 5.41) is 1.95. The quantitative estimate of drug-likeness (QED) is 0.563. The molecule has 2 amide bonds. The van der Waals surface area contributed by atoms with Crippen molar-refractivity contribution in [1.29, 1.82) is 0 Å². The van der Waals surface area contributed by atoms with Crippen molar-refractivity contribution in [3.63, 3.8) is 0 Å². The summed E-state index contributed by atoms with van der Waals surface area (Å²) in [6.07, 6.45) is 0.480. The second-order valence-electron chi connectivity index (χ2n) is 9.26. The first-order chi connectivity index (χ1) is 14.7. The Morgan fingerprint density at radius 1 is 1.03 bits per heavy atom. The highest BCUT2D eigenvalue weighted by Gasteiger charge is 2.50. The standard InChI is InChI=1S/C24H23Cl2N3O2/c1-24(2,3)28-12-20(30)29-19(23(28)31)11-15-14-6-4-5-7-18(14)27-21(15)22(29)13-8-9-16(25)17(26)10-13/h4-10,19,22,27H,11-12H2,1-3H3/t19-,22+/m1/s1. The summed E-state index contributed by atoms with van der Waals surface area (Å²) in [7, 11) is 0. The Balaban J connectivity index is 1.73. The molecular weight excluding hydrogens is 433 g/mol. The lowest BCUT2D eigenvalue weighted by atomic mass is 9.85. The van der Waals surface area contributed by atoms with Crippen LogP contribution in [0.5, 0.6) is 0 Å². The van der Waals surface area contributed by atoms with Gasteiger partial charge in [-0.1, -0.05) is 47.5 Å². The number of halogens is 2. The van der Waals surface area contributed by atoms with Crippen LogP contribution in [0.2, 0.25) is 10.0 Å². The topological polar surface area (TPSA) is 56.4 Å². The van der Waals surface area contributed by atoms with E-state index < -0.39 is 17.6 Å². The lowest BCUT2D eigenvalue weighted by Gasteiger charge is -2.50. The van der Waals surface area contributed by atoms with E-state index in [4.69, 9.17) is 23.2 Å². The number of H-pyrrole nitrogens is 1. The molecule has 0 unspecified atom stereocenters. The zero-order chi connectivity index (χ0) is 22.1. The molecule has 2 aliphatic rings. The summed E-state index contributed by atoms with van der Waals surface area (Å²) in [4.78, 5) is 34.0. The van der Waals surface area contributed by atoms with Crippen LogP contribution in [-0.4, -0.2) is 44.7 Å². The van der Waals surface area contributed by atoms with Crippen LogP contribution in [0, 0.1) is 0 Å². The zero-order valence-electron chi connectivity index (χ0n) is 17.6. The van der Waals surface area contributed by atoms with Crippen molar-refractivity contribution >= 4 is 45.9 Å². The number of nitrogens with one attached hydrogen (secondary N) is 1. The molecule has 0 aliphatic carbocycles. The second kappa shape index (κ2) is 7.01. The molecule has 31 heavy (non-hydrogen) atoms. The third-order valence-electron chi connectivity index (χ3n) is 6.33. The predicted octanol–water partition coefficient (Wildman–Crippen LogP) is 4.96. The monoisotopic (exact) mass is 455 g/mol. The second-order valence-corrected chi connectivity index (χ2v) is 10.1. The number of hydrogen-bond acceptors (Lipinski definition) is 2. The first-order valence-electron chi connectivity index (χ1n) is 10.3. The molecular formula is C24H23Cl2N3O2. The van der Waals surface area contributed by atoms with Gasteiger partial charge in [-0.2, -0.15) is 0 Å². The van der Waals surface area contributed by atoms with Gasteiger partial charge in [0.15, 0.2) is 0 Å². The molecule has 160 valence electrons. The molecule has 7 heteroatoms. The minimum Gasteiger partial charge on any atom is -0.356 e. The third kappa shape index (κ3) is 3.14. The Morgan fingerprint density at radius 2 is 1.77 bits per heavy atom. The maximum Gasteiger partial charge on any atom is 0.246 e. The summed E-state index contributed by atoms with van der Waals surface area (Å²) in [5.41, 5.74) is 3.39. The van der Waals surface area contributed by atoms with Crippen molar-refractivity contribution < 1.29 is 9.59 Å². The molecule has 5 nitrogen and oxygen atoms in total. The van der Waals surface area contributed by atoms with Crippen molar-refractivity contribution in [2.24, 2.45) is 0 Å². The first kappa shape index (κ1) is 20.4. The molecule has 2 aromatic carbocycles. The number of aromatic nitrogens is 1. The van der Waals surface area contributed by atoms with E-state index >= 15 is 0 Å². The number of carbonyl (C=O) groups is 2. The number of piperazine rings is 1. The zero-order valence-corrected chi connectivity index (χ0v) is 19.1. The maximum absolute atomic E-state index is 13.6. The van der Waals surface area contributed by atoms with Crippen molar-refractivity contribution in [3.05, 3.63) is 69.3 Å². The molecule has 5 rings (SSSR count). The van der Waals surface area contributed by atoms with E-state index in [0.717, 1.165) is 27.7 Å². The highest BCUT2D eigenvalue weighted by atomic mass is 35.5. The molecule has 0 spiro atoms. The van der Waals surface area contributed by atoms with E-state index in [9.17, 15) is 9.59 Å². The fourth-order valence-electron chi connectivity index (χ4n) is 4.86. The smallest absolute Gasteiger partial charge is 0.246 e. The Hall–Kier alpha value is -2.50. The Kier molecular flexibility index (Phi) is 4.61. The Bertz CT molecular complexity index is 1230. The molecule has 1 N–H and O–H groups in total. The van der Waals surface area contributed by atoms with Gasteiger partial charge >= 0.3 is 0 Å². The predicted molar refractivity (Wildman–Crippen MR) is 122 cm³/mol. The first-order valence-corrected chi connectivity index (χ1v) is 11.1. The van der Waals surface area contributed by atoms with E-state index in [1.807, 2.05) is 45.0 Å². The van der Waals surface area contributed by atoms with Gasteiger partial charge in [0.05, 0.1) is 16.1 Å². The van der Waals surface area contributed by atoms with Gasteiger partial charge in [-0.15, -0.1) is 0 Å². The van der Waals surface area contributed by atoms with Crippen LogP contribution in [0.25, 0.3) is 10.9 Å². The highest BCUT2D eigenvalue weighted by molar-refractivity contribution is 6.42. The van der Waals surface area contributed by atoms with Gasteiger partial charge in [0, 0.05) is 28.6 Å². The number of para-hydroxylation sites is 1. The maximum atomic E-state index is 13.6. The molecule has 1 aromatic heterocycles. The summed E-state index contributed by atoms with van der Waals surface area (Å²) in [6, 6.07) is 12.5. The van der Waals surface area contributed by atoms with Crippen LogP contribution in [0.1, 0.15) is 43.6 Å². The Labute approximate surface area is 190 Å². The molecule has 1 fully saturated rings. The fourth-order valence-corrected chi connectivity index (χ4v) is 5.17. The third-order valence-corrected chi connectivity index (χ3v) is 7.07. The SMILES string of the molecule is CC(C)(C)N1CC(=O)N2[C@@H](c3ccc(Cl)c(Cl)c3)c3[nH]c4ccccc4c3C[C@@H]2C1=O. The molecule has 2 aliphatic heterocycles. The summed E-state index contributed by atoms with van der Waals surface area (Å²) in [5.74, 6) is -0.0898. The summed E-state index contributed by atoms with van der Waals surface area (Å²) < 4.78 is 0. The van der Waals surface area contributed by atoms with Gasteiger partial charge in [-0.25, -0.2) is 0 Å². The average Bonchev–Trinajstić information content (AvgIpc) is 3.09. The lowest BCUT2D eigenvalue weighted by molar-refractivity contribution is -0.163. The van der Waals surface area contributed by atoms with Crippen LogP contribution < -0.4 is 0 Å². The number of amides is 2. The van der Waals surface area contributed by atoms with Gasteiger partial charge in [0.25, 0.3) is 0 Å². The minimum atomic E-state index is -0.563. The minimum absolute atomic E-state index is 0.0203. The summed E-state index contributed by atoms with van der Waals surface area (Å²) >= 11 is 12.5. The molecule has 3 aromatic rings. The van der Waals surface area contributed by atoms with Crippen LogP contribution in [0.15, 0.2) is 42.5 Å². The molecule has 0 bridgehead atoms. The van der Waals surface area contributed by atoms with E-state index in [2.05, 4.69) is 11.1 Å². The Morgan fingerprint density at radius 3 is 2.48 bits per heavy atom. The van der Waals surface area contributed by atoms with Gasteiger partial charge in [-0.05, 0) is 50.1 Å². The molecule has 1 saturated heterocycles. The highest BCUT2D eigenvalue weighted by Crippen LogP contribution is 2.44. The van der Waals surface area contributed by atoms with Gasteiger partial charge < -0.3 is 14.8 Å². The van der Waals surface area contributed by atoms with Crippen LogP contribution in [-0.2, 0) is 16.0 Å². The molecule has 2 atom stereocenters. The molecule has 3 heterocycles.